The van der Waals surface area contributed by atoms with Crippen molar-refractivity contribution in [2.45, 2.75) is 33.6 Å². The van der Waals surface area contributed by atoms with Crippen LogP contribution in [-0.2, 0) is 0 Å². The van der Waals surface area contributed by atoms with Gasteiger partial charge < -0.3 is 4.90 Å². The van der Waals surface area contributed by atoms with Gasteiger partial charge in [-0.05, 0) is 37.2 Å². The van der Waals surface area contributed by atoms with Crippen molar-refractivity contribution in [3.63, 3.8) is 0 Å². The highest BCUT2D eigenvalue weighted by Gasteiger charge is 2.53. The molecule has 2 heterocycles. The zero-order valence-corrected chi connectivity index (χ0v) is 11.0. The van der Waals surface area contributed by atoms with Crippen LogP contribution in [0.4, 0.5) is 5.95 Å². The molecule has 0 aromatic carbocycles. The molecule has 1 aromatic rings. The van der Waals surface area contributed by atoms with Gasteiger partial charge in [-0.1, -0.05) is 13.8 Å². The summed E-state index contributed by atoms with van der Waals surface area (Å²) in [6.45, 7) is 9.05. The van der Waals surface area contributed by atoms with Gasteiger partial charge in [0.15, 0.2) is 0 Å². The van der Waals surface area contributed by atoms with Gasteiger partial charge >= 0.3 is 0 Å². The summed E-state index contributed by atoms with van der Waals surface area (Å²) in [5, 5.41) is 0. The number of aryl methyl sites for hydroxylation is 1. The maximum atomic E-state index is 4.39. The molecule has 1 aliphatic heterocycles. The van der Waals surface area contributed by atoms with Crippen molar-refractivity contribution in [3.05, 3.63) is 18.0 Å². The third-order valence-corrected chi connectivity index (χ3v) is 4.44. The van der Waals surface area contributed by atoms with Crippen molar-refractivity contribution in [1.29, 1.82) is 0 Å². The highest BCUT2D eigenvalue weighted by atomic mass is 15.3. The van der Waals surface area contributed by atoms with Gasteiger partial charge in [0, 0.05) is 30.9 Å². The van der Waals surface area contributed by atoms with Crippen molar-refractivity contribution < 1.29 is 0 Å². The van der Waals surface area contributed by atoms with E-state index in [-0.39, 0.29) is 0 Å². The summed E-state index contributed by atoms with van der Waals surface area (Å²) < 4.78 is 0. The summed E-state index contributed by atoms with van der Waals surface area (Å²) in [6.07, 6.45) is 6.64. The molecule has 0 N–H and O–H groups in total. The number of aromatic nitrogens is 2. The molecule has 1 aliphatic carbocycles. The molecule has 1 aromatic heterocycles. The summed E-state index contributed by atoms with van der Waals surface area (Å²) in [5.74, 6) is 2.72. The first-order valence-corrected chi connectivity index (χ1v) is 6.62. The van der Waals surface area contributed by atoms with Gasteiger partial charge in [-0.2, -0.15) is 0 Å². The molecule has 0 radical (unpaired) electrons. The third kappa shape index (κ3) is 1.81. The molecule has 1 saturated carbocycles. The van der Waals surface area contributed by atoms with E-state index in [1.54, 1.807) is 0 Å². The van der Waals surface area contributed by atoms with Gasteiger partial charge in [0.25, 0.3) is 0 Å². The first-order chi connectivity index (χ1) is 8.08. The van der Waals surface area contributed by atoms with Crippen LogP contribution in [0, 0.1) is 24.2 Å². The summed E-state index contributed by atoms with van der Waals surface area (Å²) >= 11 is 0. The fourth-order valence-corrected chi connectivity index (χ4v) is 3.24. The van der Waals surface area contributed by atoms with E-state index in [0.717, 1.165) is 23.3 Å². The normalized spacial score (nSPS) is 22.7. The molecule has 1 saturated heterocycles. The van der Waals surface area contributed by atoms with Crippen molar-refractivity contribution in [2.24, 2.45) is 17.3 Å². The number of anilines is 1. The fraction of sp³-hybridized carbons (Fsp3) is 0.714. The monoisotopic (exact) mass is 231 g/mol. The van der Waals surface area contributed by atoms with Crippen LogP contribution < -0.4 is 4.90 Å². The van der Waals surface area contributed by atoms with Crippen LogP contribution in [-0.4, -0.2) is 23.1 Å². The SMILES string of the molecule is Cc1cnc(N2CC3(CC(C(C)C)C3)C2)nc1. The van der Waals surface area contributed by atoms with Crippen molar-refractivity contribution >= 4 is 5.95 Å². The van der Waals surface area contributed by atoms with E-state index in [0.29, 0.717) is 5.41 Å². The Labute approximate surface area is 103 Å². The Kier molecular flexibility index (Phi) is 2.39. The van der Waals surface area contributed by atoms with Crippen molar-refractivity contribution in [2.75, 3.05) is 18.0 Å². The molecular weight excluding hydrogens is 210 g/mol. The highest BCUT2D eigenvalue weighted by molar-refractivity contribution is 5.37. The second-order valence-corrected chi connectivity index (χ2v) is 6.33. The lowest BCUT2D eigenvalue weighted by Gasteiger charge is -2.60. The second kappa shape index (κ2) is 3.69. The molecule has 3 rings (SSSR count). The molecule has 0 atom stereocenters. The maximum absolute atomic E-state index is 4.39. The summed E-state index contributed by atoms with van der Waals surface area (Å²) in [4.78, 5) is 11.1. The Hall–Kier alpha value is -1.12. The minimum Gasteiger partial charge on any atom is -0.340 e. The Balaban J connectivity index is 1.57. The van der Waals surface area contributed by atoms with E-state index >= 15 is 0 Å². The molecule has 0 bridgehead atoms. The van der Waals surface area contributed by atoms with E-state index in [1.807, 2.05) is 19.3 Å². The van der Waals surface area contributed by atoms with E-state index < -0.39 is 0 Å². The minimum absolute atomic E-state index is 0.614. The lowest BCUT2D eigenvalue weighted by Crippen LogP contribution is -2.63. The molecule has 0 unspecified atom stereocenters. The highest BCUT2D eigenvalue weighted by Crippen LogP contribution is 2.54. The standard InChI is InChI=1S/C14H21N3/c1-10(2)12-4-14(5-12)8-17(9-14)13-15-6-11(3)7-16-13/h6-7,10,12H,4-5,8-9H2,1-3H3. The Morgan fingerprint density at radius 1 is 1.24 bits per heavy atom. The van der Waals surface area contributed by atoms with Crippen LogP contribution in [0.15, 0.2) is 12.4 Å². The molecule has 2 fully saturated rings. The number of hydrogen-bond donors (Lipinski definition) is 0. The smallest absolute Gasteiger partial charge is 0.225 e. The molecule has 2 aliphatic rings. The van der Waals surface area contributed by atoms with Gasteiger partial charge in [0.1, 0.15) is 0 Å². The lowest BCUT2D eigenvalue weighted by molar-refractivity contribution is -0.00143. The molecule has 92 valence electrons. The quantitative estimate of drug-likeness (QED) is 0.783. The molecule has 3 heteroatoms. The first-order valence-electron chi connectivity index (χ1n) is 6.62. The predicted molar refractivity (Wildman–Crippen MR) is 69.0 cm³/mol. The molecule has 3 nitrogen and oxygen atoms in total. The van der Waals surface area contributed by atoms with E-state index in [1.165, 1.54) is 25.9 Å². The molecule has 17 heavy (non-hydrogen) atoms. The van der Waals surface area contributed by atoms with E-state index in [9.17, 15) is 0 Å². The van der Waals surface area contributed by atoms with Crippen LogP contribution in [0.1, 0.15) is 32.3 Å². The largest absolute Gasteiger partial charge is 0.340 e. The van der Waals surface area contributed by atoms with Gasteiger partial charge in [0.2, 0.25) is 5.95 Å². The van der Waals surface area contributed by atoms with Gasteiger partial charge in [0.05, 0.1) is 0 Å². The zero-order valence-electron chi connectivity index (χ0n) is 11.0. The summed E-state index contributed by atoms with van der Waals surface area (Å²) in [7, 11) is 0. The predicted octanol–water partition coefficient (Wildman–Crippen LogP) is 2.66. The van der Waals surface area contributed by atoms with E-state index in [4.69, 9.17) is 0 Å². The fourth-order valence-electron chi connectivity index (χ4n) is 3.24. The lowest BCUT2D eigenvalue weighted by atomic mass is 9.55. The van der Waals surface area contributed by atoms with Gasteiger partial charge in [-0.25, -0.2) is 9.97 Å². The van der Waals surface area contributed by atoms with Gasteiger partial charge in [-0.3, -0.25) is 0 Å². The zero-order chi connectivity index (χ0) is 12.0. The number of nitrogens with zero attached hydrogens (tertiary/aromatic N) is 3. The number of hydrogen-bond acceptors (Lipinski definition) is 3. The van der Waals surface area contributed by atoms with Crippen LogP contribution in [0.3, 0.4) is 0 Å². The average molecular weight is 231 g/mol. The number of rotatable bonds is 2. The average Bonchev–Trinajstić information content (AvgIpc) is 2.15. The van der Waals surface area contributed by atoms with Crippen molar-refractivity contribution in [3.8, 4) is 0 Å². The summed E-state index contributed by atoms with van der Waals surface area (Å²) in [5.41, 5.74) is 1.75. The van der Waals surface area contributed by atoms with Crippen molar-refractivity contribution in [1.82, 2.24) is 9.97 Å². The van der Waals surface area contributed by atoms with Crippen LogP contribution in [0.5, 0.6) is 0 Å². The maximum Gasteiger partial charge on any atom is 0.225 e. The molecule has 0 amide bonds. The molecular formula is C14H21N3. The van der Waals surface area contributed by atoms with Crippen LogP contribution in [0.25, 0.3) is 0 Å². The second-order valence-electron chi connectivity index (χ2n) is 6.33. The third-order valence-electron chi connectivity index (χ3n) is 4.44. The molecule has 1 spiro atoms. The van der Waals surface area contributed by atoms with E-state index in [2.05, 4.69) is 28.7 Å². The minimum atomic E-state index is 0.614. The Morgan fingerprint density at radius 2 is 1.82 bits per heavy atom. The van der Waals surface area contributed by atoms with Crippen LogP contribution in [0.2, 0.25) is 0 Å². The van der Waals surface area contributed by atoms with Crippen LogP contribution >= 0.6 is 0 Å². The topological polar surface area (TPSA) is 29.0 Å². The summed E-state index contributed by atoms with van der Waals surface area (Å²) in [6, 6.07) is 0. The Bertz CT molecular complexity index is 396. The Morgan fingerprint density at radius 3 is 2.35 bits per heavy atom. The van der Waals surface area contributed by atoms with Gasteiger partial charge in [-0.15, -0.1) is 0 Å². The first kappa shape index (κ1) is 11.0.